The van der Waals surface area contributed by atoms with Gasteiger partial charge in [0, 0.05) is 0 Å². The molecule has 0 unspecified atom stereocenters. The standard InChI is InChI=1S/C20H21F3O3.C19H21IO3/c1-12-6-8-13(9-7-12)26-17-11-10-14-15(18(17)20(21,22)23)4-3-5-16(14)19(24)25-2;1-12-6-8-13(9-7-12)23-17-11-10-14-15(18(17)20)4-3-5-16(14)19(21)22-2/h3-5,10-13H,6-9H2,1-2H3;3-5,10-13H,6-9H2,1-2H3. The van der Waals surface area contributed by atoms with Crippen LogP contribution in [-0.4, -0.2) is 38.4 Å². The van der Waals surface area contributed by atoms with E-state index in [2.05, 4.69) is 41.2 Å². The lowest BCUT2D eigenvalue weighted by Gasteiger charge is -2.28. The molecule has 0 spiro atoms. The molecule has 0 amide bonds. The Kier molecular flexibility index (Phi) is 12.0. The molecule has 2 aliphatic carbocycles. The van der Waals surface area contributed by atoms with Crippen molar-refractivity contribution in [2.45, 2.75) is 83.6 Å². The predicted molar refractivity (Wildman–Crippen MR) is 192 cm³/mol. The van der Waals surface area contributed by atoms with E-state index in [1.165, 1.54) is 57.4 Å². The van der Waals surface area contributed by atoms with E-state index in [-0.39, 0.29) is 34.2 Å². The van der Waals surface area contributed by atoms with Crippen LogP contribution in [0.4, 0.5) is 13.2 Å². The van der Waals surface area contributed by atoms with Crippen molar-refractivity contribution in [1.82, 2.24) is 0 Å². The lowest BCUT2D eigenvalue weighted by Crippen LogP contribution is -2.24. The highest BCUT2D eigenvalue weighted by molar-refractivity contribution is 14.1. The molecule has 10 heteroatoms. The van der Waals surface area contributed by atoms with Gasteiger partial charge in [-0.05, 0) is 144 Å². The van der Waals surface area contributed by atoms with E-state index in [0.29, 0.717) is 17.6 Å². The normalized spacial score (nSPS) is 21.0. The van der Waals surface area contributed by atoms with Crippen LogP contribution in [0, 0.1) is 15.4 Å². The Labute approximate surface area is 298 Å². The Morgan fingerprint density at radius 3 is 1.51 bits per heavy atom. The number of esters is 2. The molecule has 262 valence electrons. The lowest BCUT2D eigenvalue weighted by molar-refractivity contribution is -0.138. The van der Waals surface area contributed by atoms with Gasteiger partial charge in [-0.15, -0.1) is 0 Å². The summed E-state index contributed by atoms with van der Waals surface area (Å²) in [6.45, 7) is 4.45. The largest absolute Gasteiger partial charge is 0.490 e. The molecule has 49 heavy (non-hydrogen) atoms. The van der Waals surface area contributed by atoms with Crippen LogP contribution in [0.1, 0.15) is 91.5 Å². The second-order valence-corrected chi connectivity index (χ2v) is 14.2. The zero-order valence-electron chi connectivity index (χ0n) is 28.2. The first kappa shape index (κ1) is 36.7. The van der Waals surface area contributed by atoms with E-state index < -0.39 is 17.7 Å². The van der Waals surface area contributed by atoms with Crippen molar-refractivity contribution in [1.29, 1.82) is 0 Å². The number of halogens is 4. The fourth-order valence-electron chi connectivity index (χ4n) is 6.75. The van der Waals surface area contributed by atoms with Gasteiger partial charge >= 0.3 is 18.1 Å². The lowest BCUT2D eigenvalue weighted by atomic mass is 9.89. The van der Waals surface area contributed by atoms with E-state index in [9.17, 15) is 22.8 Å². The molecule has 0 saturated heterocycles. The van der Waals surface area contributed by atoms with Crippen LogP contribution in [0.15, 0.2) is 60.7 Å². The summed E-state index contributed by atoms with van der Waals surface area (Å²) in [5.41, 5.74) is -0.131. The fraction of sp³-hybridized carbons (Fsp3) is 0.436. The van der Waals surface area contributed by atoms with Gasteiger partial charge in [0.05, 0.1) is 41.1 Å². The van der Waals surface area contributed by atoms with Crippen LogP contribution < -0.4 is 9.47 Å². The number of methoxy groups -OCH3 is 2. The van der Waals surface area contributed by atoms with Crippen molar-refractivity contribution in [3.63, 3.8) is 0 Å². The highest BCUT2D eigenvalue weighted by atomic mass is 127. The van der Waals surface area contributed by atoms with Gasteiger partial charge in [0.2, 0.25) is 0 Å². The Balaban J connectivity index is 0.000000192. The average Bonchev–Trinajstić information content (AvgIpc) is 3.09. The Bertz CT molecular complexity index is 1790. The SMILES string of the molecule is COC(=O)c1cccc2c(C(F)(F)F)c(OC3CCC(C)CC3)ccc12.COC(=O)c1cccc2c(I)c(OC3CCC(C)CC3)ccc12. The third-order valence-corrected chi connectivity index (χ3v) is 10.7. The van der Waals surface area contributed by atoms with Crippen LogP contribution in [0.2, 0.25) is 0 Å². The van der Waals surface area contributed by atoms with Gasteiger partial charge in [-0.25, -0.2) is 9.59 Å². The van der Waals surface area contributed by atoms with Crippen LogP contribution in [0.5, 0.6) is 11.5 Å². The quantitative estimate of drug-likeness (QED) is 0.143. The molecule has 0 heterocycles. The van der Waals surface area contributed by atoms with Gasteiger partial charge in [0.1, 0.15) is 17.1 Å². The summed E-state index contributed by atoms with van der Waals surface area (Å²) >= 11 is 2.31. The highest BCUT2D eigenvalue weighted by Crippen LogP contribution is 2.43. The molecule has 4 aromatic carbocycles. The van der Waals surface area contributed by atoms with Crippen LogP contribution in [0.25, 0.3) is 21.5 Å². The van der Waals surface area contributed by atoms with Gasteiger partial charge in [-0.3, -0.25) is 0 Å². The first-order valence-electron chi connectivity index (χ1n) is 16.7. The molecule has 2 fully saturated rings. The second kappa shape index (κ2) is 16.0. The summed E-state index contributed by atoms with van der Waals surface area (Å²) in [4.78, 5) is 23.8. The maximum Gasteiger partial charge on any atom is 0.420 e. The molecular weight excluding hydrogens is 748 g/mol. The van der Waals surface area contributed by atoms with Gasteiger partial charge in [0.25, 0.3) is 0 Å². The Hall–Kier alpha value is -3.54. The highest BCUT2D eigenvalue weighted by Gasteiger charge is 2.38. The summed E-state index contributed by atoms with van der Waals surface area (Å²) in [6, 6.07) is 16.7. The zero-order valence-corrected chi connectivity index (χ0v) is 30.4. The van der Waals surface area contributed by atoms with Gasteiger partial charge in [0.15, 0.2) is 0 Å². The molecular formula is C39H42F3IO6. The summed E-state index contributed by atoms with van der Waals surface area (Å²) in [5, 5.41) is 2.10. The van der Waals surface area contributed by atoms with E-state index in [0.717, 1.165) is 64.5 Å². The van der Waals surface area contributed by atoms with Gasteiger partial charge in [-0.1, -0.05) is 38.1 Å². The average molecular weight is 791 g/mol. The third-order valence-electron chi connectivity index (χ3n) is 9.59. The number of carbonyl (C=O) groups is 2. The molecule has 6 rings (SSSR count). The van der Waals surface area contributed by atoms with Crippen molar-refractivity contribution in [2.24, 2.45) is 11.8 Å². The van der Waals surface area contributed by atoms with E-state index >= 15 is 0 Å². The zero-order chi connectivity index (χ0) is 35.3. The first-order valence-corrected chi connectivity index (χ1v) is 17.8. The molecule has 4 aromatic rings. The number of rotatable bonds is 6. The second-order valence-electron chi connectivity index (χ2n) is 13.1. The van der Waals surface area contributed by atoms with Crippen molar-refractivity contribution in [2.75, 3.05) is 14.2 Å². The minimum atomic E-state index is -4.59. The number of hydrogen-bond acceptors (Lipinski definition) is 6. The molecule has 0 atom stereocenters. The molecule has 0 aromatic heterocycles. The van der Waals surface area contributed by atoms with Crippen LogP contribution >= 0.6 is 22.6 Å². The van der Waals surface area contributed by atoms with Crippen molar-refractivity contribution in [3.8, 4) is 11.5 Å². The summed E-state index contributed by atoms with van der Waals surface area (Å²) < 4.78 is 64.1. The number of fused-ring (bicyclic) bond motifs is 2. The summed E-state index contributed by atoms with van der Waals surface area (Å²) in [5.74, 6) is 1.16. The fourth-order valence-corrected chi connectivity index (χ4v) is 7.53. The minimum Gasteiger partial charge on any atom is -0.490 e. The third kappa shape index (κ3) is 8.61. The summed E-state index contributed by atoms with van der Waals surface area (Å²) in [7, 11) is 2.61. The van der Waals surface area contributed by atoms with E-state index in [1.54, 1.807) is 6.07 Å². The smallest absolute Gasteiger partial charge is 0.420 e. The van der Waals surface area contributed by atoms with Crippen LogP contribution in [-0.2, 0) is 15.7 Å². The van der Waals surface area contributed by atoms with Gasteiger partial charge < -0.3 is 18.9 Å². The predicted octanol–water partition coefficient (Wildman–Crippen LogP) is 10.8. The molecule has 0 radical (unpaired) electrons. The van der Waals surface area contributed by atoms with Crippen LogP contribution in [0.3, 0.4) is 0 Å². The molecule has 0 N–H and O–H groups in total. The van der Waals surface area contributed by atoms with Crippen molar-refractivity contribution < 1.29 is 41.7 Å². The van der Waals surface area contributed by atoms with E-state index in [4.69, 9.17) is 14.2 Å². The number of ether oxygens (including phenoxy) is 4. The minimum absolute atomic E-state index is 0.0536. The monoisotopic (exact) mass is 790 g/mol. The van der Waals surface area contributed by atoms with Crippen molar-refractivity contribution >= 4 is 56.1 Å². The maximum atomic E-state index is 13.8. The van der Waals surface area contributed by atoms with Gasteiger partial charge in [-0.2, -0.15) is 13.2 Å². The molecule has 2 aliphatic rings. The summed E-state index contributed by atoms with van der Waals surface area (Å²) in [6.07, 6.45) is 3.62. The van der Waals surface area contributed by atoms with E-state index in [1.807, 2.05) is 24.3 Å². The molecule has 6 nitrogen and oxygen atoms in total. The topological polar surface area (TPSA) is 71.1 Å². The maximum absolute atomic E-state index is 13.8. The Morgan fingerprint density at radius 1 is 0.612 bits per heavy atom. The molecule has 0 aliphatic heterocycles. The molecule has 0 bridgehead atoms. The first-order chi connectivity index (χ1) is 23.4. The number of carbonyl (C=O) groups excluding carboxylic acids is 2. The number of benzene rings is 4. The molecule has 2 saturated carbocycles. The van der Waals surface area contributed by atoms with Crippen molar-refractivity contribution in [3.05, 3.63) is 80.9 Å². The number of hydrogen-bond donors (Lipinski definition) is 0. The Morgan fingerprint density at radius 2 is 1.04 bits per heavy atom. The number of alkyl halides is 3.